The fourth-order valence-corrected chi connectivity index (χ4v) is 2.10. The Kier molecular flexibility index (Phi) is 2.87. The molecule has 0 bridgehead atoms. The molecule has 1 N–H and O–H groups in total. The molecule has 1 aromatic carbocycles. The lowest BCUT2D eigenvalue weighted by molar-refractivity contribution is -0.304. The van der Waals surface area contributed by atoms with Crippen LogP contribution in [0.2, 0.25) is 0 Å². The number of aromatic hydroxyl groups is 1. The molecular formula is C11H8NO3S-. The Balaban J connectivity index is 2.24. The number of hydrogen-bond acceptors (Lipinski definition) is 5. The second-order valence-corrected chi connectivity index (χ2v) is 4.10. The molecule has 0 fully saturated rings. The number of rotatable bonds is 3. The molecule has 4 nitrogen and oxygen atoms in total. The van der Waals surface area contributed by atoms with E-state index in [1.54, 1.807) is 29.6 Å². The van der Waals surface area contributed by atoms with Crippen molar-refractivity contribution in [3.63, 3.8) is 0 Å². The topological polar surface area (TPSA) is 73.2 Å². The number of thiazole rings is 1. The third kappa shape index (κ3) is 2.38. The number of benzene rings is 1. The lowest BCUT2D eigenvalue weighted by atomic mass is 10.2. The zero-order chi connectivity index (χ0) is 11.5. The molecule has 2 aromatic rings. The van der Waals surface area contributed by atoms with Gasteiger partial charge in [0.2, 0.25) is 0 Å². The highest BCUT2D eigenvalue weighted by Crippen LogP contribution is 2.25. The minimum atomic E-state index is -1.14. The number of aliphatic carboxylic acids is 1. The van der Waals surface area contributed by atoms with Crippen molar-refractivity contribution in [1.82, 2.24) is 4.98 Å². The standard InChI is InChI=1S/C11H9NO3S/c13-9-3-1-7(2-4-9)11-12-8(6-16-11)5-10(14)15/h1-4,6,13H,5H2,(H,14,15)/p-1. The first kappa shape index (κ1) is 10.6. The average molecular weight is 234 g/mol. The normalized spacial score (nSPS) is 10.2. The van der Waals surface area contributed by atoms with Crippen molar-refractivity contribution in [2.75, 3.05) is 0 Å². The second-order valence-electron chi connectivity index (χ2n) is 3.24. The largest absolute Gasteiger partial charge is 0.550 e. The van der Waals surface area contributed by atoms with Crippen LogP contribution in [0.1, 0.15) is 5.69 Å². The summed E-state index contributed by atoms with van der Waals surface area (Å²) in [4.78, 5) is 14.5. The Morgan fingerprint density at radius 2 is 2.06 bits per heavy atom. The SMILES string of the molecule is O=C([O-])Cc1csc(-c2ccc(O)cc2)n1. The lowest BCUT2D eigenvalue weighted by Gasteiger charge is -1.97. The molecule has 0 atom stereocenters. The van der Waals surface area contributed by atoms with Gasteiger partial charge in [0.25, 0.3) is 0 Å². The quantitative estimate of drug-likeness (QED) is 0.852. The molecule has 2 rings (SSSR count). The van der Waals surface area contributed by atoms with Gasteiger partial charge in [-0.05, 0) is 24.3 Å². The van der Waals surface area contributed by atoms with Crippen molar-refractivity contribution >= 4 is 17.3 Å². The van der Waals surface area contributed by atoms with Crippen LogP contribution in [0.15, 0.2) is 29.6 Å². The summed E-state index contributed by atoms with van der Waals surface area (Å²) in [6.07, 6.45) is -0.172. The summed E-state index contributed by atoms with van der Waals surface area (Å²) < 4.78 is 0. The number of phenols is 1. The molecule has 0 aliphatic rings. The number of carboxylic acids is 1. The third-order valence-corrected chi connectivity index (χ3v) is 2.93. The lowest BCUT2D eigenvalue weighted by Crippen LogP contribution is -2.24. The van der Waals surface area contributed by atoms with Gasteiger partial charge in [-0.2, -0.15) is 0 Å². The van der Waals surface area contributed by atoms with Crippen LogP contribution >= 0.6 is 11.3 Å². The highest BCUT2D eigenvalue weighted by atomic mass is 32.1. The van der Waals surface area contributed by atoms with Gasteiger partial charge in [-0.1, -0.05) is 0 Å². The van der Waals surface area contributed by atoms with Gasteiger partial charge in [-0.15, -0.1) is 11.3 Å². The number of carboxylic acid groups (broad SMARTS) is 1. The number of carbonyl (C=O) groups excluding carboxylic acids is 1. The first-order chi connectivity index (χ1) is 7.65. The van der Waals surface area contributed by atoms with Crippen molar-refractivity contribution in [2.24, 2.45) is 0 Å². The molecule has 0 saturated heterocycles. The molecule has 0 aliphatic carbocycles. The predicted molar refractivity (Wildman–Crippen MR) is 57.9 cm³/mol. The van der Waals surface area contributed by atoms with Gasteiger partial charge in [0, 0.05) is 23.3 Å². The van der Waals surface area contributed by atoms with Crippen molar-refractivity contribution in [1.29, 1.82) is 0 Å². The summed E-state index contributed by atoms with van der Waals surface area (Å²) in [5, 5.41) is 21.9. The van der Waals surface area contributed by atoms with Gasteiger partial charge in [-0.25, -0.2) is 4.98 Å². The smallest absolute Gasteiger partial charge is 0.123 e. The molecular weight excluding hydrogens is 226 g/mol. The van der Waals surface area contributed by atoms with E-state index in [2.05, 4.69) is 4.98 Å². The van der Waals surface area contributed by atoms with Crippen LogP contribution in [0.5, 0.6) is 5.75 Å². The van der Waals surface area contributed by atoms with E-state index in [1.807, 2.05) is 0 Å². The van der Waals surface area contributed by atoms with Gasteiger partial charge in [0.1, 0.15) is 10.8 Å². The summed E-state index contributed by atoms with van der Waals surface area (Å²) in [6.45, 7) is 0. The number of aromatic nitrogens is 1. The zero-order valence-electron chi connectivity index (χ0n) is 8.21. The Bertz CT molecular complexity index is 504. The molecule has 0 spiro atoms. The minimum absolute atomic E-state index is 0.172. The third-order valence-electron chi connectivity index (χ3n) is 1.99. The van der Waals surface area contributed by atoms with Crippen molar-refractivity contribution in [3.05, 3.63) is 35.3 Å². The van der Waals surface area contributed by atoms with E-state index >= 15 is 0 Å². The fourth-order valence-electron chi connectivity index (χ4n) is 1.27. The van der Waals surface area contributed by atoms with Crippen molar-refractivity contribution in [2.45, 2.75) is 6.42 Å². The summed E-state index contributed by atoms with van der Waals surface area (Å²) >= 11 is 1.37. The number of nitrogens with zero attached hydrogens (tertiary/aromatic N) is 1. The Hall–Kier alpha value is -1.88. The Morgan fingerprint density at radius 3 is 2.69 bits per heavy atom. The van der Waals surface area contributed by atoms with E-state index in [-0.39, 0.29) is 12.2 Å². The Labute approximate surface area is 95.8 Å². The van der Waals surface area contributed by atoms with Crippen LogP contribution in [0, 0.1) is 0 Å². The molecule has 0 saturated carbocycles. The summed E-state index contributed by atoms with van der Waals surface area (Å²) in [5.41, 5.74) is 1.35. The van der Waals surface area contributed by atoms with Crippen LogP contribution < -0.4 is 5.11 Å². The molecule has 0 aliphatic heterocycles. The zero-order valence-corrected chi connectivity index (χ0v) is 9.03. The highest BCUT2D eigenvalue weighted by Gasteiger charge is 2.04. The molecule has 1 heterocycles. The maximum absolute atomic E-state index is 10.4. The maximum Gasteiger partial charge on any atom is 0.123 e. The van der Waals surface area contributed by atoms with Crippen molar-refractivity contribution in [3.8, 4) is 16.3 Å². The maximum atomic E-state index is 10.4. The van der Waals surface area contributed by atoms with E-state index in [1.165, 1.54) is 11.3 Å². The summed E-state index contributed by atoms with van der Waals surface area (Å²) in [6, 6.07) is 6.60. The number of hydrogen-bond donors (Lipinski definition) is 1. The monoisotopic (exact) mass is 234 g/mol. The fraction of sp³-hybridized carbons (Fsp3) is 0.0909. The highest BCUT2D eigenvalue weighted by molar-refractivity contribution is 7.13. The van der Waals surface area contributed by atoms with Crippen LogP contribution in [0.25, 0.3) is 10.6 Å². The average Bonchev–Trinajstić information content (AvgIpc) is 2.66. The van der Waals surface area contributed by atoms with Gasteiger partial charge in [0.15, 0.2) is 0 Å². The molecule has 82 valence electrons. The van der Waals surface area contributed by atoms with E-state index < -0.39 is 5.97 Å². The second kappa shape index (κ2) is 4.32. The van der Waals surface area contributed by atoms with E-state index in [0.29, 0.717) is 5.69 Å². The van der Waals surface area contributed by atoms with Crippen LogP contribution in [-0.2, 0) is 11.2 Å². The molecule has 5 heteroatoms. The molecule has 0 radical (unpaired) electrons. The molecule has 1 aromatic heterocycles. The van der Waals surface area contributed by atoms with Gasteiger partial charge in [0.05, 0.1) is 5.69 Å². The van der Waals surface area contributed by atoms with Crippen LogP contribution in [0.4, 0.5) is 0 Å². The Morgan fingerprint density at radius 1 is 1.38 bits per heavy atom. The number of carbonyl (C=O) groups is 1. The van der Waals surface area contributed by atoms with E-state index in [4.69, 9.17) is 5.11 Å². The predicted octanol–water partition coefficient (Wildman–Crippen LogP) is 0.808. The summed E-state index contributed by atoms with van der Waals surface area (Å²) in [7, 11) is 0. The van der Waals surface area contributed by atoms with E-state index in [0.717, 1.165) is 10.6 Å². The van der Waals surface area contributed by atoms with Gasteiger partial charge in [-0.3, -0.25) is 0 Å². The first-order valence-corrected chi connectivity index (χ1v) is 5.47. The first-order valence-electron chi connectivity index (χ1n) is 4.59. The molecule has 0 amide bonds. The summed E-state index contributed by atoms with van der Waals surface area (Å²) in [5.74, 6) is -0.946. The van der Waals surface area contributed by atoms with Crippen LogP contribution in [-0.4, -0.2) is 16.1 Å². The van der Waals surface area contributed by atoms with Crippen molar-refractivity contribution < 1.29 is 15.0 Å². The minimum Gasteiger partial charge on any atom is -0.550 e. The van der Waals surface area contributed by atoms with E-state index in [9.17, 15) is 9.90 Å². The molecule has 0 unspecified atom stereocenters. The van der Waals surface area contributed by atoms with Gasteiger partial charge >= 0.3 is 0 Å². The molecule has 16 heavy (non-hydrogen) atoms. The number of phenolic OH excluding ortho intramolecular Hbond substituents is 1. The van der Waals surface area contributed by atoms with Crippen LogP contribution in [0.3, 0.4) is 0 Å². The van der Waals surface area contributed by atoms with Gasteiger partial charge < -0.3 is 15.0 Å².